The molecule has 0 radical (unpaired) electrons. The zero-order valence-electron chi connectivity index (χ0n) is 11.7. The topological polar surface area (TPSA) is 58.0 Å². The van der Waals surface area contributed by atoms with E-state index in [1.165, 1.54) is 0 Å². The molecule has 0 aliphatic heterocycles. The van der Waals surface area contributed by atoms with E-state index in [-0.39, 0.29) is 12.1 Å². The number of thioether (sulfide) groups is 1. The number of hydrogen-bond acceptors (Lipinski definition) is 5. The Kier molecular flexibility index (Phi) is 5.19. The van der Waals surface area contributed by atoms with Gasteiger partial charge in [-0.2, -0.15) is 0 Å². The van der Waals surface area contributed by atoms with Crippen LogP contribution in [0.25, 0.3) is 0 Å². The number of aliphatic hydroxyl groups excluding tert-OH is 1. The standard InChI is InChI=1S/C14H23N3OS/c1-3-6-17-14(10-18)5-4-12(7-14)19-13-15-8-11(2)9-16-13/h8-9,12,17-18H,3-7,10H2,1-2H3. The van der Waals surface area contributed by atoms with Crippen molar-refractivity contribution >= 4 is 11.8 Å². The summed E-state index contributed by atoms with van der Waals surface area (Å²) >= 11 is 1.74. The van der Waals surface area contributed by atoms with Gasteiger partial charge in [-0.1, -0.05) is 18.7 Å². The number of nitrogens with one attached hydrogen (secondary N) is 1. The van der Waals surface area contributed by atoms with Crippen molar-refractivity contribution in [3.05, 3.63) is 18.0 Å². The van der Waals surface area contributed by atoms with Crippen LogP contribution in [0.15, 0.2) is 17.6 Å². The number of rotatable bonds is 6. The van der Waals surface area contributed by atoms with E-state index >= 15 is 0 Å². The maximum Gasteiger partial charge on any atom is 0.187 e. The Morgan fingerprint density at radius 1 is 1.47 bits per heavy atom. The van der Waals surface area contributed by atoms with E-state index in [4.69, 9.17) is 0 Å². The fourth-order valence-electron chi connectivity index (χ4n) is 2.52. The number of hydrogen-bond donors (Lipinski definition) is 2. The first kappa shape index (κ1) is 14.8. The molecule has 0 bridgehead atoms. The summed E-state index contributed by atoms with van der Waals surface area (Å²) in [6.07, 6.45) is 7.95. The Hall–Kier alpha value is -0.650. The normalized spacial score (nSPS) is 26.8. The third-order valence-corrected chi connectivity index (χ3v) is 4.80. The third-order valence-electron chi connectivity index (χ3n) is 3.65. The fourth-order valence-corrected chi connectivity index (χ4v) is 3.68. The summed E-state index contributed by atoms with van der Waals surface area (Å²) in [5.74, 6) is 0. The van der Waals surface area contributed by atoms with Gasteiger partial charge < -0.3 is 10.4 Å². The van der Waals surface area contributed by atoms with E-state index in [1.807, 2.05) is 19.3 Å². The summed E-state index contributed by atoms with van der Waals surface area (Å²) in [6.45, 7) is 5.34. The van der Waals surface area contributed by atoms with Gasteiger partial charge in [0, 0.05) is 23.2 Å². The minimum absolute atomic E-state index is 0.0849. The van der Waals surface area contributed by atoms with Crippen LogP contribution in [0.2, 0.25) is 0 Å². The molecule has 0 spiro atoms. The highest BCUT2D eigenvalue weighted by atomic mass is 32.2. The van der Waals surface area contributed by atoms with Crippen LogP contribution in [0.3, 0.4) is 0 Å². The summed E-state index contributed by atoms with van der Waals surface area (Å²) in [7, 11) is 0. The predicted molar refractivity (Wildman–Crippen MR) is 78.4 cm³/mol. The quantitative estimate of drug-likeness (QED) is 0.783. The van der Waals surface area contributed by atoms with Gasteiger partial charge in [0.05, 0.1) is 6.61 Å². The summed E-state index contributed by atoms with van der Waals surface area (Å²) in [5.41, 5.74) is 1.00. The largest absolute Gasteiger partial charge is 0.394 e. The van der Waals surface area contributed by atoms with Crippen LogP contribution in [0.5, 0.6) is 0 Å². The smallest absolute Gasteiger partial charge is 0.187 e. The number of aryl methyl sites for hydroxylation is 1. The molecule has 4 nitrogen and oxygen atoms in total. The van der Waals surface area contributed by atoms with Gasteiger partial charge in [-0.25, -0.2) is 9.97 Å². The van der Waals surface area contributed by atoms with E-state index in [9.17, 15) is 5.11 Å². The minimum Gasteiger partial charge on any atom is -0.394 e. The van der Waals surface area contributed by atoms with Crippen LogP contribution in [-0.2, 0) is 0 Å². The molecule has 1 heterocycles. The lowest BCUT2D eigenvalue weighted by Gasteiger charge is -2.28. The Morgan fingerprint density at radius 2 is 2.21 bits per heavy atom. The van der Waals surface area contributed by atoms with Gasteiger partial charge in [-0.15, -0.1) is 0 Å². The molecule has 2 N–H and O–H groups in total. The number of aliphatic hydroxyl groups is 1. The second-order valence-corrected chi connectivity index (χ2v) is 6.66. The highest BCUT2D eigenvalue weighted by Gasteiger charge is 2.38. The van der Waals surface area contributed by atoms with Crippen molar-refractivity contribution in [2.24, 2.45) is 0 Å². The first-order valence-corrected chi connectivity index (χ1v) is 7.86. The van der Waals surface area contributed by atoms with Crippen molar-refractivity contribution in [1.29, 1.82) is 0 Å². The van der Waals surface area contributed by atoms with Crippen LogP contribution in [0.1, 0.15) is 38.2 Å². The number of nitrogens with zero attached hydrogens (tertiary/aromatic N) is 2. The lowest BCUT2D eigenvalue weighted by Crippen LogP contribution is -2.46. The van der Waals surface area contributed by atoms with Crippen molar-refractivity contribution in [2.45, 2.75) is 55.5 Å². The summed E-state index contributed by atoms with van der Waals surface area (Å²) in [4.78, 5) is 8.69. The van der Waals surface area contributed by atoms with Crippen LogP contribution >= 0.6 is 11.8 Å². The molecular formula is C14H23N3OS. The second-order valence-electron chi connectivity index (χ2n) is 5.39. The van der Waals surface area contributed by atoms with Gasteiger partial charge in [0.25, 0.3) is 0 Å². The Bertz CT molecular complexity index is 398. The average molecular weight is 281 g/mol. The molecule has 2 rings (SSSR count). The van der Waals surface area contributed by atoms with Crippen LogP contribution in [-0.4, -0.2) is 39.0 Å². The monoisotopic (exact) mass is 281 g/mol. The van der Waals surface area contributed by atoms with Gasteiger partial charge in [-0.3, -0.25) is 0 Å². The first-order chi connectivity index (χ1) is 9.17. The molecule has 1 saturated carbocycles. The lowest BCUT2D eigenvalue weighted by atomic mass is 9.99. The molecule has 106 valence electrons. The van der Waals surface area contributed by atoms with Gasteiger partial charge in [0.15, 0.2) is 5.16 Å². The van der Waals surface area contributed by atoms with E-state index in [1.54, 1.807) is 11.8 Å². The van der Waals surface area contributed by atoms with Crippen molar-refractivity contribution in [1.82, 2.24) is 15.3 Å². The molecule has 5 heteroatoms. The molecule has 1 fully saturated rings. The maximum absolute atomic E-state index is 9.66. The zero-order valence-corrected chi connectivity index (χ0v) is 12.5. The molecule has 2 unspecified atom stereocenters. The Morgan fingerprint density at radius 3 is 2.84 bits per heavy atom. The molecule has 1 aliphatic rings. The summed E-state index contributed by atoms with van der Waals surface area (Å²) in [5, 5.41) is 14.5. The van der Waals surface area contributed by atoms with Crippen LogP contribution in [0.4, 0.5) is 0 Å². The van der Waals surface area contributed by atoms with Crippen molar-refractivity contribution in [3.8, 4) is 0 Å². The Labute approximate surface area is 119 Å². The molecular weight excluding hydrogens is 258 g/mol. The highest BCUT2D eigenvalue weighted by Crippen LogP contribution is 2.38. The van der Waals surface area contributed by atoms with Crippen LogP contribution in [0, 0.1) is 6.92 Å². The minimum atomic E-state index is -0.0849. The molecule has 0 amide bonds. The van der Waals surface area contributed by atoms with Crippen LogP contribution < -0.4 is 5.32 Å². The lowest BCUT2D eigenvalue weighted by molar-refractivity contribution is 0.165. The average Bonchev–Trinajstić information content (AvgIpc) is 2.83. The van der Waals surface area contributed by atoms with Crippen molar-refractivity contribution in [3.63, 3.8) is 0 Å². The second kappa shape index (κ2) is 6.68. The molecule has 2 atom stereocenters. The van der Waals surface area contributed by atoms with E-state index in [0.717, 1.165) is 42.9 Å². The molecule has 1 aromatic heterocycles. The Balaban J connectivity index is 1.91. The molecule has 1 aromatic rings. The zero-order chi connectivity index (χ0) is 13.7. The number of aromatic nitrogens is 2. The summed E-state index contributed by atoms with van der Waals surface area (Å²) < 4.78 is 0. The summed E-state index contributed by atoms with van der Waals surface area (Å²) in [6, 6.07) is 0. The van der Waals surface area contributed by atoms with E-state index in [2.05, 4.69) is 22.2 Å². The first-order valence-electron chi connectivity index (χ1n) is 6.98. The highest BCUT2D eigenvalue weighted by molar-refractivity contribution is 7.99. The fraction of sp³-hybridized carbons (Fsp3) is 0.714. The maximum atomic E-state index is 9.66. The predicted octanol–water partition coefficient (Wildman–Crippen LogP) is 2.16. The molecule has 1 aliphatic carbocycles. The van der Waals surface area contributed by atoms with Gasteiger partial charge in [0.2, 0.25) is 0 Å². The molecule has 0 aromatic carbocycles. The van der Waals surface area contributed by atoms with Gasteiger partial charge >= 0.3 is 0 Å². The van der Waals surface area contributed by atoms with Gasteiger partial charge in [0.1, 0.15) is 0 Å². The van der Waals surface area contributed by atoms with Crippen molar-refractivity contribution in [2.75, 3.05) is 13.2 Å². The SMILES string of the molecule is CCCNC1(CO)CCC(Sc2ncc(C)cn2)C1. The molecule has 0 saturated heterocycles. The van der Waals surface area contributed by atoms with Crippen molar-refractivity contribution < 1.29 is 5.11 Å². The van der Waals surface area contributed by atoms with E-state index < -0.39 is 0 Å². The molecule has 19 heavy (non-hydrogen) atoms. The third kappa shape index (κ3) is 3.91. The van der Waals surface area contributed by atoms with Gasteiger partial charge in [-0.05, 0) is 44.7 Å². The van der Waals surface area contributed by atoms with E-state index in [0.29, 0.717) is 5.25 Å².